The second-order valence-electron chi connectivity index (χ2n) is 0.856. The summed E-state index contributed by atoms with van der Waals surface area (Å²) in [6.45, 7) is 6.93. The van der Waals surface area contributed by atoms with Crippen LogP contribution in [0.1, 0.15) is 0 Å². The van der Waals surface area contributed by atoms with E-state index >= 15 is 0 Å². The van der Waals surface area contributed by atoms with Crippen LogP contribution in [0.25, 0.3) is 0 Å². The first kappa shape index (κ1) is 10.0. The Morgan fingerprint density at radius 3 is 1.29 bits per heavy atom. The highest BCUT2D eigenvalue weighted by Crippen LogP contribution is 1.69. The number of allylic oxidation sites excluding steroid dienone is 4. The van der Waals surface area contributed by atoms with Gasteiger partial charge >= 0.3 is 0 Å². The van der Waals surface area contributed by atoms with Crippen molar-refractivity contribution >= 4 is 0 Å². The fraction of sp³-hybridized carbons (Fsp3) is 0. The Bertz CT molecular complexity index is 62.2. The Hall–Kier alpha value is -0.0500. The molecule has 7 heavy (non-hydrogen) atoms. The van der Waals surface area contributed by atoms with Crippen LogP contribution in [0.4, 0.5) is 0 Å². The first-order valence-corrected chi connectivity index (χ1v) is 1.82. The van der Waals surface area contributed by atoms with Gasteiger partial charge in [-0.3, -0.25) is 0 Å². The molecule has 0 spiro atoms. The lowest BCUT2D eigenvalue weighted by molar-refractivity contribution is -0.00000124. The Morgan fingerprint density at radius 2 is 1.14 bits per heavy atom. The molecule has 0 saturated carbocycles. The molecular formula is C6H8I-. The molecule has 0 saturated heterocycles. The standard InChI is InChI=1S/C6H8.HI/c1-3-5-6-4-2;/h3-6H,1-2H2;1H/p-1/b6-5+;. The Kier molecular flexibility index (Phi) is 13.4. The largest absolute Gasteiger partial charge is 1.00 e. The smallest absolute Gasteiger partial charge is 0.0629 e. The molecule has 0 aliphatic carbocycles. The molecule has 0 heterocycles. The summed E-state index contributed by atoms with van der Waals surface area (Å²) >= 11 is 0. The second-order valence-corrected chi connectivity index (χ2v) is 0.856. The van der Waals surface area contributed by atoms with E-state index in [-0.39, 0.29) is 24.0 Å². The van der Waals surface area contributed by atoms with Crippen molar-refractivity contribution in [2.24, 2.45) is 0 Å². The lowest BCUT2D eigenvalue weighted by Gasteiger charge is -1.60. The van der Waals surface area contributed by atoms with Crippen LogP contribution in [0.3, 0.4) is 0 Å². The van der Waals surface area contributed by atoms with E-state index in [1.165, 1.54) is 0 Å². The summed E-state index contributed by atoms with van der Waals surface area (Å²) in [5.41, 5.74) is 0. The van der Waals surface area contributed by atoms with Crippen LogP contribution in [0.15, 0.2) is 37.5 Å². The minimum Gasteiger partial charge on any atom is -1.00 e. The molecule has 1 heteroatoms. The average molecular weight is 207 g/mol. The van der Waals surface area contributed by atoms with Crippen LogP contribution in [-0.2, 0) is 0 Å². The Labute approximate surface area is 61.6 Å². The van der Waals surface area contributed by atoms with Gasteiger partial charge in [0.2, 0.25) is 0 Å². The van der Waals surface area contributed by atoms with Gasteiger partial charge in [-0.05, 0) is 0 Å². The molecule has 0 unspecified atom stereocenters. The van der Waals surface area contributed by atoms with Gasteiger partial charge in [0.1, 0.15) is 0 Å². The van der Waals surface area contributed by atoms with Crippen LogP contribution in [0, 0.1) is 0 Å². The molecule has 0 rings (SSSR count). The van der Waals surface area contributed by atoms with Gasteiger partial charge in [-0.25, -0.2) is 0 Å². The molecule has 0 aromatic heterocycles. The molecule has 0 atom stereocenters. The maximum Gasteiger partial charge on any atom is -0.0629 e. The van der Waals surface area contributed by atoms with Gasteiger partial charge in [0.15, 0.2) is 0 Å². The van der Waals surface area contributed by atoms with Gasteiger partial charge in [0.25, 0.3) is 0 Å². The van der Waals surface area contributed by atoms with Crippen LogP contribution in [0.5, 0.6) is 0 Å². The maximum absolute atomic E-state index is 3.46. The summed E-state index contributed by atoms with van der Waals surface area (Å²) in [5, 5.41) is 0. The first-order chi connectivity index (χ1) is 2.91. The molecule has 0 amide bonds. The van der Waals surface area contributed by atoms with Gasteiger partial charge in [0, 0.05) is 0 Å². The average Bonchev–Trinajstić information content (AvgIpc) is 1.61. The molecule has 0 aliphatic rings. The van der Waals surface area contributed by atoms with Crippen molar-refractivity contribution in [3.8, 4) is 0 Å². The number of hydrogen-bond acceptors (Lipinski definition) is 0. The zero-order valence-corrected chi connectivity index (χ0v) is 6.26. The monoisotopic (exact) mass is 207 g/mol. The predicted octanol–water partition coefficient (Wildman–Crippen LogP) is -1.08. The highest BCUT2D eigenvalue weighted by atomic mass is 127. The van der Waals surface area contributed by atoms with E-state index in [0.717, 1.165) is 0 Å². The molecule has 0 aromatic rings. The molecule has 0 bridgehead atoms. The molecule has 0 radical (unpaired) electrons. The summed E-state index contributed by atoms with van der Waals surface area (Å²) in [4.78, 5) is 0. The van der Waals surface area contributed by atoms with Crippen LogP contribution >= 0.6 is 0 Å². The molecular weight excluding hydrogens is 199 g/mol. The van der Waals surface area contributed by atoms with Gasteiger partial charge in [-0.1, -0.05) is 37.5 Å². The summed E-state index contributed by atoms with van der Waals surface area (Å²) < 4.78 is 0. The number of rotatable bonds is 2. The van der Waals surface area contributed by atoms with Gasteiger partial charge in [-0.2, -0.15) is 0 Å². The summed E-state index contributed by atoms with van der Waals surface area (Å²) in [5.74, 6) is 0. The Morgan fingerprint density at radius 1 is 0.857 bits per heavy atom. The fourth-order valence-corrected chi connectivity index (χ4v) is 0.157. The van der Waals surface area contributed by atoms with Gasteiger partial charge in [-0.15, -0.1) is 0 Å². The third kappa shape index (κ3) is 10.7. The van der Waals surface area contributed by atoms with Crippen LogP contribution in [0.2, 0.25) is 0 Å². The summed E-state index contributed by atoms with van der Waals surface area (Å²) in [6.07, 6.45) is 7.07. The Balaban J connectivity index is 0. The van der Waals surface area contributed by atoms with Crippen molar-refractivity contribution in [1.82, 2.24) is 0 Å². The van der Waals surface area contributed by atoms with Gasteiger partial charge < -0.3 is 24.0 Å². The molecule has 0 N–H and O–H groups in total. The van der Waals surface area contributed by atoms with E-state index in [1.54, 1.807) is 12.2 Å². The zero-order chi connectivity index (χ0) is 4.83. The number of halogens is 1. The fourth-order valence-electron chi connectivity index (χ4n) is 0.157. The predicted molar refractivity (Wildman–Crippen MR) is 29.5 cm³/mol. The molecule has 0 nitrogen and oxygen atoms in total. The lowest BCUT2D eigenvalue weighted by Crippen LogP contribution is -3.00. The first-order valence-electron chi connectivity index (χ1n) is 1.82. The zero-order valence-electron chi connectivity index (χ0n) is 4.10. The van der Waals surface area contributed by atoms with E-state index in [1.807, 2.05) is 12.2 Å². The minimum atomic E-state index is 0. The molecule has 0 aliphatic heterocycles. The minimum absolute atomic E-state index is 0. The van der Waals surface area contributed by atoms with Crippen molar-refractivity contribution in [3.63, 3.8) is 0 Å². The lowest BCUT2D eigenvalue weighted by atomic mass is 10.5. The maximum atomic E-state index is 3.46. The van der Waals surface area contributed by atoms with Crippen molar-refractivity contribution in [2.45, 2.75) is 0 Å². The third-order valence-corrected chi connectivity index (χ3v) is 0.383. The molecule has 0 fully saturated rings. The van der Waals surface area contributed by atoms with E-state index in [2.05, 4.69) is 13.2 Å². The van der Waals surface area contributed by atoms with Crippen LogP contribution in [-0.4, -0.2) is 0 Å². The topological polar surface area (TPSA) is 0 Å². The highest BCUT2D eigenvalue weighted by Gasteiger charge is 1.47. The number of hydrogen-bond donors (Lipinski definition) is 0. The van der Waals surface area contributed by atoms with Crippen molar-refractivity contribution < 1.29 is 24.0 Å². The normalized spacial score (nSPS) is 7.43. The highest BCUT2D eigenvalue weighted by molar-refractivity contribution is 5.05. The third-order valence-electron chi connectivity index (χ3n) is 0.383. The van der Waals surface area contributed by atoms with E-state index in [4.69, 9.17) is 0 Å². The van der Waals surface area contributed by atoms with E-state index < -0.39 is 0 Å². The van der Waals surface area contributed by atoms with E-state index in [9.17, 15) is 0 Å². The molecule has 0 aromatic carbocycles. The summed E-state index contributed by atoms with van der Waals surface area (Å²) in [7, 11) is 0. The summed E-state index contributed by atoms with van der Waals surface area (Å²) in [6, 6.07) is 0. The SMILES string of the molecule is C=C/C=C/C=C.[I-]. The van der Waals surface area contributed by atoms with Gasteiger partial charge in [0.05, 0.1) is 0 Å². The second kappa shape index (κ2) is 9.34. The van der Waals surface area contributed by atoms with Crippen molar-refractivity contribution in [2.75, 3.05) is 0 Å². The van der Waals surface area contributed by atoms with Crippen LogP contribution < -0.4 is 24.0 Å². The quantitative estimate of drug-likeness (QED) is 0.399. The van der Waals surface area contributed by atoms with Crippen molar-refractivity contribution in [1.29, 1.82) is 0 Å². The molecule has 40 valence electrons. The van der Waals surface area contributed by atoms with E-state index in [0.29, 0.717) is 0 Å². The van der Waals surface area contributed by atoms with Crippen molar-refractivity contribution in [3.05, 3.63) is 37.5 Å².